The lowest BCUT2D eigenvalue weighted by Gasteiger charge is -2.22. The number of halogens is 1. The Balaban J connectivity index is 1.86. The molecule has 8 heteroatoms. The van der Waals surface area contributed by atoms with Gasteiger partial charge in [0, 0.05) is 17.2 Å². The molecule has 0 radical (unpaired) electrons. The quantitative estimate of drug-likeness (QED) is 0.297. The van der Waals surface area contributed by atoms with Crippen LogP contribution in [0.15, 0.2) is 76.3 Å². The maximum atomic E-state index is 14.3. The molecule has 0 spiro atoms. The van der Waals surface area contributed by atoms with Gasteiger partial charge in [0.1, 0.15) is 22.9 Å². The number of primary amides is 1. The van der Waals surface area contributed by atoms with E-state index in [1.807, 2.05) is 12.1 Å². The van der Waals surface area contributed by atoms with Gasteiger partial charge in [-0.05, 0) is 59.2 Å². The fourth-order valence-electron chi connectivity index (χ4n) is 3.82. The smallest absolute Gasteiger partial charge is 0.253 e. The molecule has 0 aromatic heterocycles. The van der Waals surface area contributed by atoms with Crippen LogP contribution in [0.25, 0.3) is 0 Å². The number of nitrogens with two attached hydrogens (primary N) is 2. The molecule has 0 aliphatic heterocycles. The average molecular weight is 445 g/mol. The summed E-state index contributed by atoms with van der Waals surface area (Å²) in [5, 5.41) is 2.87. The molecule has 0 heterocycles. The van der Waals surface area contributed by atoms with Gasteiger partial charge in [0.2, 0.25) is 5.91 Å². The Morgan fingerprint density at radius 3 is 2.33 bits per heavy atom. The Morgan fingerprint density at radius 1 is 0.970 bits per heavy atom. The largest absolute Gasteiger partial charge is 0.497 e. The molecule has 1 unspecified atom stereocenters. The molecule has 5 N–H and O–H groups in total. The molecule has 166 valence electrons. The summed E-state index contributed by atoms with van der Waals surface area (Å²) in [5.41, 5.74) is 12.2. The first kappa shape index (κ1) is 21.8. The van der Waals surface area contributed by atoms with Crippen LogP contribution in [0.4, 0.5) is 21.5 Å². The Bertz CT molecular complexity index is 1420. The standard InChI is InChI=1S/C25H20FN3O4/c1-33-17-8-5-13(6-9-17)20(19-12-15(26)7-10-18(19)25(28)32)14-3-2-4-16(11-14)29-22-21(27)23(30)24(22)31/h2-12,20,29H,27H2,1H3,(H2,28,32). The first-order chi connectivity index (χ1) is 15.8. The zero-order valence-corrected chi connectivity index (χ0v) is 17.6. The number of hydrogen-bond donors (Lipinski definition) is 3. The summed E-state index contributed by atoms with van der Waals surface area (Å²) in [6.07, 6.45) is 0. The van der Waals surface area contributed by atoms with Crippen LogP contribution in [-0.2, 0) is 0 Å². The predicted octanol–water partition coefficient (Wildman–Crippen LogP) is 3.04. The molecule has 4 aromatic carbocycles. The van der Waals surface area contributed by atoms with E-state index in [0.717, 1.165) is 5.56 Å². The third kappa shape index (κ3) is 4.06. The van der Waals surface area contributed by atoms with E-state index in [2.05, 4.69) is 5.32 Å². The monoisotopic (exact) mass is 445 g/mol. The van der Waals surface area contributed by atoms with Crippen LogP contribution in [-0.4, -0.2) is 13.0 Å². The number of carbonyl (C=O) groups excluding carboxylic acids is 1. The van der Waals surface area contributed by atoms with E-state index in [4.69, 9.17) is 16.2 Å². The van der Waals surface area contributed by atoms with Crippen LogP contribution in [0.3, 0.4) is 0 Å². The summed E-state index contributed by atoms with van der Waals surface area (Å²) in [7, 11) is 1.55. The van der Waals surface area contributed by atoms with Gasteiger partial charge < -0.3 is 21.5 Å². The lowest BCUT2D eigenvalue weighted by Crippen LogP contribution is -2.36. The zero-order chi connectivity index (χ0) is 23.7. The van der Waals surface area contributed by atoms with Crippen LogP contribution >= 0.6 is 0 Å². The molecule has 0 fully saturated rings. The van der Waals surface area contributed by atoms with Crippen molar-refractivity contribution in [2.24, 2.45) is 5.73 Å². The molecule has 0 aliphatic carbocycles. The highest BCUT2D eigenvalue weighted by Crippen LogP contribution is 2.36. The number of benzene rings is 3. The summed E-state index contributed by atoms with van der Waals surface area (Å²) in [6, 6.07) is 17.9. The maximum Gasteiger partial charge on any atom is 0.253 e. The van der Waals surface area contributed by atoms with E-state index < -0.39 is 28.5 Å². The molecule has 0 saturated heterocycles. The number of nitrogen functional groups attached to an aromatic ring is 1. The first-order valence-corrected chi connectivity index (χ1v) is 9.99. The molecule has 7 nitrogen and oxygen atoms in total. The maximum absolute atomic E-state index is 14.3. The van der Waals surface area contributed by atoms with Gasteiger partial charge >= 0.3 is 0 Å². The molecule has 1 atom stereocenters. The number of anilines is 3. The van der Waals surface area contributed by atoms with Crippen molar-refractivity contribution in [3.8, 4) is 5.75 Å². The van der Waals surface area contributed by atoms with Crippen molar-refractivity contribution in [1.82, 2.24) is 0 Å². The van der Waals surface area contributed by atoms with Crippen molar-refractivity contribution in [3.05, 3.63) is 115 Å². The zero-order valence-electron chi connectivity index (χ0n) is 17.6. The van der Waals surface area contributed by atoms with Gasteiger partial charge in [-0.1, -0.05) is 24.3 Å². The molecule has 33 heavy (non-hydrogen) atoms. The van der Waals surface area contributed by atoms with Crippen LogP contribution < -0.4 is 32.4 Å². The van der Waals surface area contributed by atoms with Crippen LogP contribution in [0.2, 0.25) is 0 Å². The molecular weight excluding hydrogens is 425 g/mol. The molecule has 4 rings (SSSR count). The average Bonchev–Trinajstić information content (AvgIpc) is 2.82. The Kier molecular flexibility index (Phi) is 5.66. The highest BCUT2D eigenvalue weighted by atomic mass is 19.1. The number of rotatable bonds is 7. The molecule has 1 amide bonds. The van der Waals surface area contributed by atoms with E-state index in [1.54, 1.807) is 43.5 Å². The summed E-state index contributed by atoms with van der Waals surface area (Å²) in [5.74, 6) is -1.13. The van der Waals surface area contributed by atoms with Gasteiger partial charge in [-0.2, -0.15) is 0 Å². The number of amides is 1. The second-order valence-corrected chi connectivity index (χ2v) is 7.50. The number of hydrogen-bond acceptors (Lipinski definition) is 6. The first-order valence-electron chi connectivity index (χ1n) is 9.99. The van der Waals surface area contributed by atoms with Gasteiger partial charge in [0.25, 0.3) is 10.9 Å². The highest BCUT2D eigenvalue weighted by Gasteiger charge is 2.24. The van der Waals surface area contributed by atoms with Gasteiger partial charge in [0.05, 0.1) is 7.11 Å². The van der Waals surface area contributed by atoms with Gasteiger partial charge in [-0.15, -0.1) is 0 Å². The Hall–Kier alpha value is -4.46. The van der Waals surface area contributed by atoms with Gasteiger partial charge in [-0.3, -0.25) is 14.4 Å². The Labute approximate surface area is 188 Å². The number of carbonyl (C=O) groups is 1. The second-order valence-electron chi connectivity index (χ2n) is 7.50. The van der Waals surface area contributed by atoms with Crippen molar-refractivity contribution in [3.63, 3.8) is 0 Å². The molecule has 4 aromatic rings. The van der Waals surface area contributed by atoms with E-state index >= 15 is 0 Å². The SMILES string of the molecule is COc1ccc(C(c2cccc(Nc3c(N)c(=O)c3=O)c2)c2cc(F)ccc2C(N)=O)cc1. The molecular formula is C25H20FN3O4. The summed E-state index contributed by atoms with van der Waals surface area (Å²) >= 11 is 0. The third-order valence-corrected chi connectivity index (χ3v) is 5.48. The van der Waals surface area contributed by atoms with E-state index in [9.17, 15) is 18.8 Å². The molecule has 0 bridgehead atoms. The highest BCUT2D eigenvalue weighted by molar-refractivity contribution is 5.95. The van der Waals surface area contributed by atoms with E-state index in [0.29, 0.717) is 22.6 Å². The topological polar surface area (TPSA) is 125 Å². The second kappa shape index (κ2) is 8.58. The summed E-state index contributed by atoms with van der Waals surface area (Å²) < 4.78 is 19.5. The lowest BCUT2D eigenvalue weighted by atomic mass is 9.82. The third-order valence-electron chi connectivity index (χ3n) is 5.48. The predicted molar refractivity (Wildman–Crippen MR) is 124 cm³/mol. The van der Waals surface area contributed by atoms with Gasteiger partial charge in [-0.25, -0.2) is 4.39 Å². The summed E-state index contributed by atoms with van der Waals surface area (Å²) in [4.78, 5) is 35.4. The van der Waals surface area contributed by atoms with Gasteiger partial charge in [0.15, 0.2) is 0 Å². The lowest BCUT2D eigenvalue weighted by molar-refractivity contribution is 0.0999. The minimum atomic E-state index is -0.726. The van der Waals surface area contributed by atoms with Crippen molar-refractivity contribution in [2.45, 2.75) is 5.92 Å². The van der Waals surface area contributed by atoms with Crippen molar-refractivity contribution >= 4 is 23.0 Å². The van der Waals surface area contributed by atoms with E-state index in [-0.39, 0.29) is 16.9 Å². The number of methoxy groups -OCH3 is 1. The van der Waals surface area contributed by atoms with Crippen molar-refractivity contribution < 1.29 is 13.9 Å². The minimum Gasteiger partial charge on any atom is -0.497 e. The minimum absolute atomic E-state index is 0.0294. The Morgan fingerprint density at radius 2 is 1.70 bits per heavy atom. The number of nitrogens with one attached hydrogen (secondary N) is 1. The van der Waals surface area contributed by atoms with Crippen LogP contribution in [0.5, 0.6) is 5.75 Å². The van der Waals surface area contributed by atoms with E-state index in [1.165, 1.54) is 18.2 Å². The molecule has 0 aliphatic rings. The molecule has 0 saturated carbocycles. The fourth-order valence-corrected chi connectivity index (χ4v) is 3.82. The van der Waals surface area contributed by atoms with Crippen molar-refractivity contribution in [2.75, 3.05) is 18.2 Å². The number of ether oxygens (including phenoxy) is 1. The van der Waals surface area contributed by atoms with Crippen LogP contribution in [0, 0.1) is 5.82 Å². The summed E-state index contributed by atoms with van der Waals surface area (Å²) in [6.45, 7) is 0. The van der Waals surface area contributed by atoms with Crippen molar-refractivity contribution in [1.29, 1.82) is 0 Å². The normalized spacial score (nSPS) is 11.8. The van der Waals surface area contributed by atoms with Crippen LogP contribution in [0.1, 0.15) is 33.0 Å². The fraction of sp³-hybridized carbons (Fsp3) is 0.0800.